The molecule has 0 bridgehead atoms. The maximum atomic E-state index is 8.57. The highest BCUT2D eigenvalue weighted by Crippen LogP contribution is 2.30. The van der Waals surface area contributed by atoms with E-state index < -0.39 is 0 Å². The van der Waals surface area contributed by atoms with Crippen LogP contribution in [0.15, 0.2) is 0 Å². The molecule has 0 radical (unpaired) electrons. The summed E-state index contributed by atoms with van der Waals surface area (Å²) in [6, 6.07) is 0.295. The lowest BCUT2D eigenvalue weighted by Crippen LogP contribution is -2.23. The number of hydrogen-bond donors (Lipinski definition) is 2. The fraction of sp³-hybridized carbons (Fsp3) is 0.750. The Morgan fingerprint density at radius 3 is 3.12 bits per heavy atom. The van der Waals surface area contributed by atoms with Crippen molar-refractivity contribution in [3.63, 3.8) is 0 Å². The molecule has 1 aromatic rings. The van der Waals surface area contributed by atoms with Gasteiger partial charge >= 0.3 is 0 Å². The zero-order chi connectivity index (χ0) is 12.1. The van der Waals surface area contributed by atoms with Gasteiger partial charge in [-0.05, 0) is 26.2 Å². The Balaban J connectivity index is 1.73. The quantitative estimate of drug-likeness (QED) is 0.722. The van der Waals surface area contributed by atoms with E-state index in [2.05, 4.69) is 17.2 Å². The third-order valence-electron chi connectivity index (χ3n) is 2.92. The van der Waals surface area contributed by atoms with Gasteiger partial charge in [0.1, 0.15) is 5.01 Å². The number of fused-ring (bicyclic) bond motifs is 1. The van der Waals surface area contributed by atoms with Gasteiger partial charge in [0.2, 0.25) is 0 Å². The van der Waals surface area contributed by atoms with E-state index in [9.17, 15) is 0 Å². The highest BCUT2D eigenvalue weighted by molar-refractivity contribution is 7.11. The van der Waals surface area contributed by atoms with Gasteiger partial charge in [-0.1, -0.05) is 0 Å². The van der Waals surface area contributed by atoms with Gasteiger partial charge in [-0.25, -0.2) is 4.98 Å². The lowest BCUT2D eigenvalue weighted by molar-refractivity contribution is 0.0928. The van der Waals surface area contributed by atoms with Crippen LogP contribution in [0.25, 0.3) is 0 Å². The van der Waals surface area contributed by atoms with Crippen LogP contribution in [0.2, 0.25) is 0 Å². The average molecular weight is 256 g/mol. The molecular formula is C12H20N2O2S. The van der Waals surface area contributed by atoms with E-state index in [1.54, 1.807) is 0 Å². The Morgan fingerprint density at radius 1 is 1.47 bits per heavy atom. The molecule has 1 unspecified atom stereocenters. The summed E-state index contributed by atoms with van der Waals surface area (Å²) >= 11 is 1.84. The summed E-state index contributed by atoms with van der Waals surface area (Å²) < 4.78 is 5.20. The number of thiazole rings is 1. The van der Waals surface area contributed by atoms with Crippen LogP contribution in [-0.4, -0.2) is 36.5 Å². The van der Waals surface area contributed by atoms with Gasteiger partial charge in [-0.2, -0.15) is 0 Å². The molecule has 1 aromatic heterocycles. The Hall–Kier alpha value is -0.490. The maximum Gasteiger partial charge on any atom is 0.110 e. The highest BCUT2D eigenvalue weighted by Gasteiger charge is 2.19. The average Bonchev–Trinajstić information content (AvgIpc) is 2.88. The zero-order valence-electron chi connectivity index (χ0n) is 10.2. The molecule has 96 valence electrons. The first-order valence-electron chi connectivity index (χ1n) is 6.21. The molecule has 1 aliphatic carbocycles. The summed E-state index contributed by atoms with van der Waals surface area (Å²) in [5, 5.41) is 13.1. The van der Waals surface area contributed by atoms with Crippen molar-refractivity contribution in [1.82, 2.24) is 10.3 Å². The van der Waals surface area contributed by atoms with Gasteiger partial charge in [-0.15, -0.1) is 11.3 Å². The fourth-order valence-corrected chi connectivity index (χ4v) is 3.18. The van der Waals surface area contributed by atoms with Crippen LogP contribution >= 0.6 is 11.3 Å². The monoisotopic (exact) mass is 256 g/mol. The van der Waals surface area contributed by atoms with Crippen molar-refractivity contribution >= 4 is 11.3 Å². The number of ether oxygens (including phenoxy) is 1. The Kier molecular flexibility index (Phi) is 4.91. The van der Waals surface area contributed by atoms with Gasteiger partial charge in [0.25, 0.3) is 0 Å². The zero-order valence-corrected chi connectivity index (χ0v) is 11.1. The first-order chi connectivity index (χ1) is 8.31. The minimum absolute atomic E-state index is 0.0920. The van der Waals surface area contributed by atoms with Crippen molar-refractivity contribution in [2.45, 2.75) is 32.2 Å². The number of nitrogens with zero attached hydrogens (tertiary/aromatic N) is 1. The molecule has 0 saturated heterocycles. The molecule has 1 heterocycles. The molecular weight excluding hydrogens is 236 g/mol. The lowest BCUT2D eigenvalue weighted by Gasteiger charge is -2.11. The third-order valence-corrected chi connectivity index (χ3v) is 4.26. The van der Waals surface area contributed by atoms with E-state index in [4.69, 9.17) is 9.84 Å². The lowest BCUT2D eigenvalue weighted by atomic mass is 10.3. The first kappa shape index (κ1) is 13.0. The van der Waals surface area contributed by atoms with Crippen molar-refractivity contribution in [1.29, 1.82) is 0 Å². The number of aliphatic hydroxyl groups excluding tert-OH is 1. The molecule has 4 nitrogen and oxygen atoms in total. The van der Waals surface area contributed by atoms with Gasteiger partial charge in [0.15, 0.2) is 0 Å². The number of rotatable bonds is 7. The molecule has 1 atom stereocenters. The summed E-state index contributed by atoms with van der Waals surface area (Å²) in [5.74, 6) is 0. The summed E-state index contributed by atoms with van der Waals surface area (Å²) in [5.41, 5.74) is 1.31. The predicted molar refractivity (Wildman–Crippen MR) is 68.5 cm³/mol. The standard InChI is InChI=1S/C12H20N2O2S/c1-9(13-5-7-16-8-6-15)12-14-10-3-2-4-11(10)17-12/h9,13,15H,2-8H2,1H3. The normalized spacial score (nSPS) is 16.1. The van der Waals surface area contributed by atoms with Crippen LogP contribution in [0.5, 0.6) is 0 Å². The third kappa shape index (κ3) is 3.48. The van der Waals surface area contributed by atoms with E-state index in [0.29, 0.717) is 19.3 Å². The molecule has 0 aromatic carbocycles. The van der Waals surface area contributed by atoms with E-state index in [1.807, 2.05) is 11.3 Å². The number of aryl methyl sites for hydroxylation is 2. The fourth-order valence-electron chi connectivity index (χ4n) is 2.00. The molecule has 5 heteroatoms. The first-order valence-corrected chi connectivity index (χ1v) is 7.03. The van der Waals surface area contributed by atoms with Crippen molar-refractivity contribution in [2.75, 3.05) is 26.4 Å². The molecule has 0 fully saturated rings. The van der Waals surface area contributed by atoms with E-state index >= 15 is 0 Å². The highest BCUT2D eigenvalue weighted by atomic mass is 32.1. The Bertz CT molecular complexity index is 333. The minimum atomic E-state index is 0.0920. The second-order valence-electron chi connectivity index (χ2n) is 4.29. The molecule has 0 saturated carbocycles. The molecule has 17 heavy (non-hydrogen) atoms. The largest absolute Gasteiger partial charge is 0.394 e. The summed E-state index contributed by atoms with van der Waals surface area (Å²) in [6.07, 6.45) is 3.63. The molecule has 2 rings (SSSR count). The van der Waals surface area contributed by atoms with Crippen LogP contribution in [0.1, 0.15) is 35.0 Å². The van der Waals surface area contributed by atoms with Crippen LogP contribution in [0.4, 0.5) is 0 Å². The van der Waals surface area contributed by atoms with E-state index in [-0.39, 0.29) is 6.61 Å². The number of aromatic nitrogens is 1. The molecule has 1 aliphatic rings. The van der Waals surface area contributed by atoms with Gasteiger partial charge in [0, 0.05) is 11.4 Å². The smallest absolute Gasteiger partial charge is 0.110 e. The van der Waals surface area contributed by atoms with Crippen LogP contribution < -0.4 is 5.32 Å². The number of nitrogens with one attached hydrogen (secondary N) is 1. The maximum absolute atomic E-state index is 8.57. The van der Waals surface area contributed by atoms with Crippen LogP contribution in [0, 0.1) is 0 Å². The van der Waals surface area contributed by atoms with Crippen molar-refractivity contribution in [3.05, 3.63) is 15.6 Å². The van der Waals surface area contributed by atoms with Gasteiger partial charge in [0.05, 0.1) is 31.6 Å². The SMILES string of the molecule is CC(NCCOCCO)c1nc2c(s1)CCC2. The molecule has 0 spiro atoms. The predicted octanol–water partition coefficient (Wildman–Crippen LogP) is 1.29. The number of aliphatic hydroxyl groups is 1. The molecule has 2 N–H and O–H groups in total. The van der Waals surface area contributed by atoms with Crippen molar-refractivity contribution < 1.29 is 9.84 Å². The molecule has 0 amide bonds. The van der Waals surface area contributed by atoms with Crippen molar-refractivity contribution in [2.24, 2.45) is 0 Å². The topological polar surface area (TPSA) is 54.4 Å². The second-order valence-corrected chi connectivity index (χ2v) is 5.40. The van der Waals surface area contributed by atoms with Crippen molar-refractivity contribution in [3.8, 4) is 0 Å². The summed E-state index contributed by atoms with van der Waals surface area (Å²) in [7, 11) is 0. The van der Waals surface area contributed by atoms with Gasteiger partial charge < -0.3 is 15.2 Å². The minimum Gasteiger partial charge on any atom is -0.394 e. The summed E-state index contributed by atoms with van der Waals surface area (Å²) in [6.45, 7) is 4.08. The van der Waals surface area contributed by atoms with E-state index in [0.717, 1.165) is 13.0 Å². The van der Waals surface area contributed by atoms with Gasteiger partial charge in [-0.3, -0.25) is 0 Å². The Labute approximate surface area is 106 Å². The summed E-state index contributed by atoms with van der Waals surface area (Å²) in [4.78, 5) is 6.16. The van der Waals surface area contributed by atoms with Crippen LogP contribution in [-0.2, 0) is 17.6 Å². The Morgan fingerprint density at radius 2 is 2.35 bits per heavy atom. The molecule has 0 aliphatic heterocycles. The van der Waals surface area contributed by atoms with E-state index in [1.165, 1.54) is 28.4 Å². The second kappa shape index (κ2) is 6.44. The van der Waals surface area contributed by atoms with Crippen LogP contribution in [0.3, 0.4) is 0 Å². The number of hydrogen-bond acceptors (Lipinski definition) is 5.